The van der Waals surface area contributed by atoms with Crippen LogP contribution < -0.4 is 16.0 Å². The Labute approximate surface area is 209 Å². The predicted molar refractivity (Wildman–Crippen MR) is 147 cm³/mol. The van der Waals surface area contributed by atoms with E-state index in [-0.39, 0.29) is 25.6 Å². The van der Waals surface area contributed by atoms with Crippen molar-refractivity contribution in [1.82, 2.24) is 0 Å². The van der Waals surface area contributed by atoms with Crippen LogP contribution in [0.1, 0.15) is 60.5 Å². The van der Waals surface area contributed by atoms with E-state index in [4.69, 9.17) is 17.3 Å². The number of nitrogens with one attached hydrogen (secondary N) is 1. The number of anilines is 3. The average Bonchev–Trinajstić information content (AvgIpc) is 2.76. The van der Waals surface area contributed by atoms with E-state index in [1.165, 1.54) is 11.1 Å². The van der Waals surface area contributed by atoms with Gasteiger partial charge in [0.05, 0.1) is 11.7 Å². The van der Waals surface area contributed by atoms with E-state index >= 15 is 0 Å². The molecule has 4 nitrogen and oxygen atoms in total. The predicted octanol–water partition coefficient (Wildman–Crippen LogP) is 7.88. The van der Waals surface area contributed by atoms with Crippen LogP contribution in [0.2, 0.25) is 5.02 Å². The number of nitrogen functional groups attached to an aromatic ring is 1. The Hall–Kier alpha value is -2.63. The Morgan fingerprint density at radius 1 is 0.909 bits per heavy atom. The number of halogens is 1. The SMILES string of the molecule is Cc1ccc([C@H](C)N(C(=O)Nc2c(C)c(N)cc(Cl)c2C)c2ccc(C(C)C)cc2)cc1.S. The summed E-state index contributed by atoms with van der Waals surface area (Å²) in [6.07, 6.45) is 0. The molecule has 0 aliphatic heterocycles. The molecule has 0 spiro atoms. The average molecular weight is 484 g/mol. The third-order valence-electron chi connectivity index (χ3n) is 6.06. The van der Waals surface area contributed by atoms with Crippen molar-refractivity contribution in [2.24, 2.45) is 0 Å². The molecule has 33 heavy (non-hydrogen) atoms. The number of hydrogen-bond acceptors (Lipinski definition) is 2. The first-order valence-electron chi connectivity index (χ1n) is 10.9. The zero-order valence-corrected chi connectivity index (χ0v) is 21.9. The monoisotopic (exact) mass is 483 g/mol. The Morgan fingerprint density at radius 2 is 1.45 bits per heavy atom. The van der Waals surface area contributed by atoms with Crippen LogP contribution in [0.15, 0.2) is 54.6 Å². The minimum Gasteiger partial charge on any atom is -0.398 e. The molecule has 0 saturated heterocycles. The highest BCUT2D eigenvalue weighted by Crippen LogP contribution is 2.34. The van der Waals surface area contributed by atoms with Gasteiger partial charge >= 0.3 is 6.03 Å². The van der Waals surface area contributed by atoms with Gasteiger partial charge in [-0.1, -0.05) is 67.4 Å². The van der Waals surface area contributed by atoms with Gasteiger partial charge in [-0.3, -0.25) is 4.90 Å². The maximum atomic E-state index is 13.7. The first-order valence-corrected chi connectivity index (χ1v) is 11.3. The summed E-state index contributed by atoms with van der Waals surface area (Å²) in [5, 5.41) is 3.61. The van der Waals surface area contributed by atoms with Gasteiger partial charge in [0.15, 0.2) is 0 Å². The summed E-state index contributed by atoms with van der Waals surface area (Å²) in [6, 6.07) is 17.7. The number of nitrogens with zero attached hydrogens (tertiary/aromatic N) is 1. The lowest BCUT2D eigenvalue weighted by atomic mass is 10.0. The first-order chi connectivity index (χ1) is 15.1. The summed E-state index contributed by atoms with van der Waals surface area (Å²) in [5.41, 5.74) is 13.2. The fourth-order valence-electron chi connectivity index (χ4n) is 3.78. The number of amides is 2. The van der Waals surface area contributed by atoms with Gasteiger partial charge in [-0.25, -0.2) is 4.79 Å². The topological polar surface area (TPSA) is 58.4 Å². The lowest BCUT2D eigenvalue weighted by Crippen LogP contribution is -2.37. The highest BCUT2D eigenvalue weighted by molar-refractivity contribution is 7.59. The molecule has 3 rings (SSSR count). The van der Waals surface area contributed by atoms with Gasteiger partial charge in [-0.05, 0) is 74.1 Å². The molecule has 3 aromatic carbocycles. The smallest absolute Gasteiger partial charge is 0.326 e. The minimum absolute atomic E-state index is 0. The third kappa shape index (κ3) is 5.84. The normalized spacial score (nSPS) is 11.6. The van der Waals surface area contributed by atoms with Crippen molar-refractivity contribution in [3.05, 3.63) is 87.4 Å². The van der Waals surface area contributed by atoms with Gasteiger partial charge < -0.3 is 11.1 Å². The van der Waals surface area contributed by atoms with Gasteiger partial charge in [0.1, 0.15) is 0 Å². The van der Waals surface area contributed by atoms with E-state index in [0.717, 1.165) is 22.4 Å². The van der Waals surface area contributed by atoms with Gasteiger partial charge in [-0.2, -0.15) is 13.5 Å². The van der Waals surface area contributed by atoms with E-state index in [1.54, 1.807) is 11.0 Å². The zero-order valence-electron chi connectivity index (χ0n) is 20.2. The molecule has 3 aromatic rings. The van der Waals surface area contributed by atoms with Crippen molar-refractivity contribution in [3.63, 3.8) is 0 Å². The van der Waals surface area contributed by atoms with Gasteiger partial charge in [0.25, 0.3) is 0 Å². The van der Waals surface area contributed by atoms with Crippen molar-refractivity contribution >= 4 is 48.2 Å². The Balaban J connectivity index is 0.00000385. The second kappa shape index (κ2) is 11.0. The van der Waals surface area contributed by atoms with Crippen LogP contribution in [0.3, 0.4) is 0 Å². The van der Waals surface area contributed by atoms with E-state index in [2.05, 4.69) is 62.5 Å². The molecule has 0 fully saturated rings. The Morgan fingerprint density at radius 3 is 2.00 bits per heavy atom. The number of nitrogens with two attached hydrogens (primary N) is 1. The lowest BCUT2D eigenvalue weighted by molar-refractivity contribution is 0.255. The van der Waals surface area contributed by atoms with Gasteiger partial charge in [-0.15, -0.1) is 0 Å². The molecule has 6 heteroatoms. The highest BCUT2D eigenvalue weighted by Gasteiger charge is 2.25. The Kier molecular flexibility index (Phi) is 8.87. The van der Waals surface area contributed by atoms with Crippen molar-refractivity contribution in [3.8, 4) is 0 Å². The second-order valence-electron chi connectivity index (χ2n) is 8.71. The van der Waals surface area contributed by atoms with Crippen LogP contribution in [0.4, 0.5) is 21.9 Å². The molecule has 0 aromatic heterocycles. The maximum Gasteiger partial charge on any atom is 0.326 e. The number of benzene rings is 3. The molecule has 176 valence electrons. The Bertz CT molecular complexity index is 1090. The molecule has 3 N–H and O–H groups in total. The van der Waals surface area contributed by atoms with Crippen LogP contribution in [-0.2, 0) is 0 Å². The van der Waals surface area contributed by atoms with E-state index in [0.29, 0.717) is 22.3 Å². The molecule has 0 aliphatic rings. The molecule has 0 bridgehead atoms. The molecule has 0 heterocycles. The fraction of sp³-hybridized carbons (Fsp3) is 0.296. The van der Waals surface area contributed by atoms with Crippen LogP contribution in [-0.4, -0.2) is 6.03 Å². The number of carbonyl (C=O) groups is 1. The maximum absolute atomic E-state index is 13.7. The van der Waals surface area contributed by atoms with Crippen molar-refractivity contribution < 1.29 is 4.79 Å². The molecule has 1 atom stereocenters. The largest absolute Gasteiger partial charge is 0.398 e. The van der Waals surface area contributed by atoms with Crippen LogP contribution in [0.5, 0.6) is 0 Å². The third-order valence-corrected chi connectivity index (χ3v) is 6.45. The van der Waals surface area contributed by atoms with Crippen LogP contribution in [0, 0.1) is 20.8 Å². The summed E-state index contributed by atoms with van der Waals surface area (Å²) in [5.74, 6) is 0.417. The van der Waals surface area contributed by atoms with Crippen molar-refractivity contribution in [2.45, 2.75) is 53.5 Å². The van der Waals surface area contributed by atoms with Crippen molar-refractivity contribution in [1.29, 1.82) is 0 Å². The standard InChI is InChI=1S/C27H32ClN3O.H2S/c1-16(2)21-11-13-23(14-12-21)31(20(6)22-9-7-17(3)8-10-22)27(32)30-26-18(4)24(28)15-25(29)19(26)5;/h7-16,20H,29H2,1-6H3,(H,30,32);1H2/t20-;/m0./s1. The molecule has 0 saturated carbocycles. The van der Waals surface area contributed by atoms with Gasteiger partial charge in [0, 0.05) is 16.4 Å². The number of aryl methyl sites for hydroxylation is 1. The summed E-state index contributed by atoms with van der Waals surface area (Å²) >= 11 is 6.35. The van der Waals surface area contributed by atoms with E-state index in [1.807, 2.05) is 32.9 Å². The lowest BCUT2D eigenvalue weighted by Gasteiger charge is -2.31. The van der Waals surface area contributed by atoms with Crippen molar-refractivity contribution in [2.75, 3.05) is 16.0 Å². The number of carbonyl (C=O) groups excluding carboxylic acids is 1. The molecule has 0 unspecified atom stereocenters. The number of rotatable bonds is 5. The van der Waals surface area contributed by atoms with Crippen LogP contribution in [0.25, 0.3) is 0 Å². The van der Waals surface area contributed by atoms with E-state index in [9.17, 15) is 4.79 Å². The minimum atomic E-state index is -0.233. The zero-order chi connectivity index (χ0) is 23.6. The quantitative estimate of drug-likeness (QED) is 0.362. The summed E-state index contributed by atoms with van der Waals surface area (Å²) in [7, 11) is 0. The number of hydrogen-bond donors (Lipinski definition) is 2. The molecule has 0 aliphatic carbocycles. The van der Waals surface area contributed by atoms with Gasteiger partial charge in [0.2, 0.25) is 0 Å². The van der Waals surface area contributed by atoms with Crippen LogP contribution >= 0.6 is 25.1 Å². The fourth-order valence-corrected chi connectivity index (χ4v) is 4.00. The molecule has 2 amide bonds. The molecular formula is C27H34ClN3OS. The summed E-state index contributed by atoms with van der Waals surface area (Å²) in [6.45, 7) is 12.2. The molecular weight excluding hydrogens is 450 g/mol. The van der Waals surface area contributed by atoms with E-state index < -0.39 is 0 Å². The summed E-state index contributed by atoms with van der Waals surface area (Å²) in [4.78, 5) is 15.5. The molecule has 0 radical (unpaired) electrons. The summed E-state index contributed by atoms with van der Waals surface area (Å²) < 4.78 is 0. The second-order valence-corrected chi connectivity index (χ2v) is 9.11. The number of urea groups is 1. The first kappa shape index (κ1) is 26.6. The highest BCUT2D eigenvalue weighted by atomic mass is 35.5.